The van der Waals surface area contributed by atoms with Crippen LogP contribution in [0.25, 0.3) is 0 Å². The summed E-state index contributed by atoms with van der Waals surface area (Å²) in [6, 6.07) is 12.0. The fraction of sp³-hybridized carbons (Fsp3) is 0.517. The second-order valence-corrected chi connectivity index (χ2v) is 13.5. The number of hydrogen-bond donors (Lipinski definition) is 1. The Morgan fingerprint density at radius 3 is 1.97 bits per heavy atom. The monoisotopic (exact) mass is 558 g/mol. The molecule has 0 aromatic heterocycles. The molecule has 2 aliphatic heterocycles. The number of rotatable bonds is 2. The summed E-state index contributed by atoms with van der Waals surface area (Å²) in [6.45, 7) is 18.7. The first-order chi connectivity index (χ1) is 17.8. The van der Waals surface area contributed by atoms with Gasteiger partial charge in [0.1, 0.15) is 17.0 Å². The molecule has 0 unspecified atom stereocenters. The van der Waals surface area contributed by atoms with Gasteiger partial charge in [0.05, 0.1) is 16.1 Å². The van der Waals surface area contributed by atoms with Gasteiger partial charge >= 0.3 is 19.4 Å². The molecule has 0 spiro atoms. The van der Waals surface area contributed by atoms with E-state index in [1.807, 2.05) is 72.7 Å². The fourth-order valence-corrected chi connectivity index (χ4v) is 5.02. The Bertz CT molecular complexity index is 1210. The quantitative estimate of drug-likeness (QED) is 0.206. The lowest BCUT2D eigenvalue weighted by molar-refractivity contribution is 0.00578. The van der Waals surface area contributed by atoms with E-state index in [0.29, 0.717) is 12.2 Å². The number of carbonyl (C=O) groups excluding carboxylic acids is 1. The van der Waals surface area contributed by atoms with Crippen molar-refractivity contribution in [1.82, 2.24) is 0 Å². The third kappa shape index (κ3) is 7.93. The topological polar surface area (TPSA) is 101 Å². The highest BCUT2D eigenvalue weighted by atomic mass is 32.2. The Hall–Kier alpha value is -2.69. The van der Waals surface area contributed by atoms with Crippen LogP contribution in [0, 0.1) is 0 Å². The van der Waals surface area contributed by atoms with Gasteiger partial charge < -0.3 is 28.6 Å². The van der Waals surface area contributed by atoms with Crippen LogP contribution in [0.3, 0.4) is 0 Å². The van der Waals surface area contributed by atoms with Crippen molar-refractivity contribution in [2.24, 2.45) is 0 Å². The van der Waals surface area contributed by atoms with Gasteiger partial charge in [-0.1, -0.05) is 36.0 Å². The largest absolute Gasteiger partial charge is 0.514 e. The molecule has 0 bridgehead atoms. The van der Waals surface area contributed by atoms with Crippen LogP contribution in [0.2, 0.25) is 0 Å². The number of benzene rings is 2. The lowest BCUT2D eigenvalue weighted by Crippen LogP contribution is -2.41. The van der Waals surface area contributed by atoms with E-state index in [1.165, 1.54) is 5.56 Å². The fourth-order valence-electron chi connectivity index (χ4n) is 3.86. The molecule has 8 nitrogen and oxygen atoms in total. The van der Waals surface area contributed by atoms with Crippen molar-refractivity contribution >= 4 is 36.7 Å². The van der Waals surface area contributed by atoms with Crippen molar-refractivity contribution in [1.29, 1.82) is 0 Å². The van der Waals surface area contributed by atoms with Gasteiger partial charge in [-0.3, -0.25) is 0 Å². The molecule has 4 rings (SSSR count). The van der Waals surface area contributed by atoms with Gasteiger partial charge in [0.25, 0.3) is 0 Å². The van der Waals surface area contributed by atoms with Crippen molar-refractivity contribution in [3.8, 4) is 5.75 Å². The van der Waals surface area contributed by atoms with Crippen molar-refractivity contribution in [3.05, 3.63) is 47.5 Å². The first kappa shape index (κ1) is 30.9. The lowest BCUT2D eigenvalue weighted by atomic mass is 9.74. The molecule has 2 heterocycles. The number of carboxylic acid groups (broad SMARTS) is 1. The average molecular weight is 559 g/mol. The molecular formula is C29H39BO8S. The standard InChI is InChI=1S/C24H29BO5S.C5H10O3/c1-22(2,3)28-21(26)27-18-13-12-17(25-29-23(4,5)24(6,7)30-25)16-14-15-10-8-9-11-19(15)31-20(16)18;1-5(2,3)8-4(6)7/h8-13H,14H2,1-7H3;1-3H3,(H,6,7). The lowest BCUT2D eigenvalue weighted by Gasteiger charge is -2.32. The van der Waals surface area contributed by atoms with Gasteiger partial charge in [-0.15, -0.1) is 0 Å². The molecule has 2 aromatic rings. The van der Waals surface area contributed by atoms with Crippen molar-refractivity contribution in [2.75, 3.05) is 0 Å². The van der Waals surface area contributed by atoms with Crippen LogP contribution in [0.15, 0.2) is 46.2 Å². The third-order valence-corrected chi connectivity index (χ3v) is 7.57. The van der Waals surface area contributed by atoms with E-state index >= 15 is 0 Å². The summed E-state index contributed by atoms with van der Waals surface area (Å²) in [6.07, 6.45) is -1.22. The molecule has 1 fully saturated rings. The normalized spacial score (nSPS) is 17.2. The zero-order valence-corrected chi connectivity index (χ0v) is 25.3. The molecular weight excluding hydrogens is 519 g/mol. The molecule has 2 aromatic carbocycles. The summed E-state index contributed by atoms with van der Waals surface area (Å²) in [5.74, 6) is 0.490. The minimum atomic E-state index is -1.22. The Balaban J connectivity index is 0.000000459. The molecule has 1 N–H and O–H groups in total. The predicted octanol–water partition coefficient (Wildman–Crippen LogP) is 6.83. The molecule has 0 amide bonds. The summed E-state index contributed by atoms with van der Waals surface area (Å²) in [5.41, 5.74) is 1.18. The van der Waals surface area contributed by atoms with E-state index in [-0.39, 0.29) is 0 Å². The van der Waals surface area contributed by atoms with Gasteiger partial charge in [0.15, 0.2) is 0 Å². The molecule has 0 saturated carbocycles. The van der Waals surface area contributed by atoms with E-state index in [0.717, 1.165) is 20.8 Å². The van der Waals surface area contributed by atoms with Gasteiger partial charge in [-0.25, -0.2) is 9.59 Å². The first-order valence-electron chi connectivity index (χ1n) is 12.9. The molecule has 1 saturated heterocycles. The Kier molecular flexibility index (Phi) is 8.75. The van der Waals surface area contributed by atoms with E-state index in [1.54, 1.807) is 32.5 Å². The zero-order valence-electron chi connectivity index (χ0n) is 24.5. The van der Waals surface area contributed by atoms with Crippen molar-refractivity contribution < 1.29 is 38.2 Å². The summed E-state index contributed by atoms with van der Waals surface area (Å²) < 4.78 is 28.0. The Morgan fingerprint density at radius 2 is 1.46 bits per heavy atom. The van der Waals surface area contributed by atoms with E-state index in [2.05, 4.69) is 16.9 Å². The van der Waals surface area contributed by atoms with Crippen LogP contribution in [-0.4, -0.2) is 46.9 Å². The molecule has 39 heavy (non-hydrogen) atoms. The molecule has 0 atom stereocenters. The molecule has 212 valence electrons. The van der Waals surface area contributed by atoms with Gasteiger partial charge in [0, 0.05) is 4.90 Å². The minimum Gasteiger partial charge on any atom is -0.450 e. The summed E-state index contributed by atoms with van der Waals surface area (Å²) in [7, 11) is -0.486. The minimum absolute atomic E-state index is 0.435. The number of fused-ring (bicyclic) bond motifs is 2. The van der Waals surface area contributed by atoms with E-state index in [4.69, 9.17) is 23.9 Å². The predicted molar refractivity (Wildman–Crippen MR) is 151 cm³/mol. The molecule has 0 radical (unpaired) electrons. The summed E-state index contributed by atoms with van der Waals surface area (Å²) in [5, 5.41) is 8.03. The second kappa shape index (κ2) is 11.1. The Morgan fingerprint density at radius 1 is 0.897 bits per heavy atom. The smallest absolute Gasteiger partial charge is 0.450 e. The van der Waals surface area contributed by atoms with E-state index in [9.17, 15) is 9.59 Å². The van der Waals surface area contributed by atoms with E-state index < -0.39 is 41.8 Å². The average Bonchev–Trinajstić information content (AvgIpc) is 2.96. The number of ether oxygens (including phenoxy) is 3. The van der Waals surface area contributed by atoms with Gasteiger partial charge in [-0.2, -0.15) is 0 Å². The molecule has 10 heteroatoms. The molecule has 2 aliphatic rings. The zero-order chi connectivity index (χ0) is 29.4. The highest BCUT2D eigenvalue weighted by Crippen LogP contribution is 2.45. The van der Waals surface area contributed by atoms with Crippen LogP contribution in [0.4, 0.5) is 9.59 Å². The van der Waals surface area contributed by atoms with Crippen LogP contribution in [0.1, 0.15) is 80.4 Å². The van der Waals surface area contributed by atoms with Gasteiger partial charge in [0.2, 0.25) is 0 Å². The maximum atomic E-state index is 12.4. The highest BCUT2D eigenvalue weighted by Gasteiger charge is 2.52. The maximum Gasteiger partial charge on any atom is 0.514 e. The highest BCUT2D eigenvalue weighted by molar-refractivity contribution is 7.99. The van der Waals surface area contributed by atoms with Crippen molar-refractivity contribution in [3.63, 3.8) is 0 Å². The SMILES string of the molecule is CC(C)(C)OC(=O)O.CC(C)(C)OC(=O)Oc1ccc(B2OC(C)(C)C(C)(C)O2)c2c1Sc1ccccc1C2. The Labute approximate surface area is 235 Å². The second-order valence-electron chi connectivity index (χ2n) is 12.5. The van der Waals surface area contributed by atoms with Gasteiger partial charge in [-0.05, 0) is 104 Å². The maximum absolute atomic E-state index is 12.4. The van der Waals surface area contributed by atoms with Crippen LogP contribution >= 0.6 is 11.8 Å². The number of carbonyl (C=O) groups is 2. The summed E-state index contributed by atoms with van der Waals surface area (Å²) in [4.78, 5) is 24.2. The van der Waals surface area contributed by atoms with Crippen LogP contribution in [0.5, 0.6) is 5.75 Å². The number of hydrogen-bond acceptors (Lipinski definition) is 8. The third-order valence-electron chi connectivity index (χ3n) is 6.30. The van der Waals surface area contributed by atoms with Crippen LogP contribution in [-0.2, 0) is 25.2 Å². The van der Waals surface area contributed by atoms with Crippen molar-refractivity contribution in [2.45, 2.75) is 108 Å². The molecule has 0 aliphatic carbocycles. The van der Waals surface area contributed by atoms with Crippen LogP contribution < -0.4 is 10.2 Å². The first-order valence-corrected chi connectivity index (χ1v) is 13.7. The summed E-state index contributed by atoms with van der Waals surface area (Å²) >= 11 is 1.60.